The van der Waals surface area contributed by atoms with Crippen molar-refractivity contribution in [3.05, 3.63) is 86.9 Å². The first-order chi connectivity index (χ1) is 20.2. The maximum absolute atomic E-state index is 15.4. The molecule has 3 heterocycles. The van der Waals surface area contributed by atoms with Gasteiger partial charge in [-0.15, -0.1) is 0 Å². The second-order valence-corrected chi connectivity index (χ2v) is 11.3. The van der Waals surface area contributed by atoms with Gasteiger partial charge in [0, 0.05) is 69.8 Å². The lowest BCUT2D eigenvalue weighted by Crippen LogP contribution is -2.47. The topological polar surface area (TPSA) is 88.0 Å². The number of amides is 2. The fourth-order valence-corrected chi connectivity index (χ4v) is 6.27. The van der Waals surface area contributed by atoms with Crippen LogP contribution in [0.5, 0.6) is 5.75 Å². The van der Waals surface area contributed by atoms with Gasteiger partial charge in [0.25, 0.3) is 5.56 Å². The molecule has 0 radical (unpaired) electrons. The third-order valence-electron chi connectivity index (χ3n) is 8.38. The Bertz CT molecular complexity index is 1510. The maximum Gasteiger partial charge on any atom is 0.266 e. The van der Waals surface area contributed by atoms with Crippen LogP contribution in [0.1, 0.15) is 42.9 Å². The molecule has 1 aromatic heterocycles. The van der Waals surface area contributed by atoms with E-state index in [-0.39, 0.29) is 23.4 Å². The van der Waals surface area contributed by atoms with E-state index in [0.29, 0.717) is 67.7 Å². The number of anilines is 1. The molecule has 0 N–H and O–H groups in total. The van der Waals surface area contributed by atoms with Crippen LogP contribution in [-0.2, 0) is 16.6 Å². The summed E-state index contributed by atoms with van der Waals surface area (Å²) in [4.78, 5) is 44.4. The molecule has 0 saturated carbocycles. The third kappa shape index (κ3) is 6.13. The highest BCUT2D eigenvalue weighted by Gasteiger charge is 2.42. The van der Waals surface area contributed by atoms with Gasteiger partial charge in [0.05, 0.1) is 19.1 Å². The van der Waals surface area contributed by atoms with Crippen molar-refractivity contribution in [3.8, 4) is 5.75 Å². The molecule has 3 atom stereocenters. The fourth-order valence-electron chi connectivity index (χ4n) is 6.14. The van der Waals surface area contributed by atoms with Gasteiger partial charge in [-0.25, -0.2) is 9.07 Å². The molecular formula is C31H35ClFN5O4. The molecule has 2 aromatic carbocycles. The van der Waals surface area contributed by atoms with E-state index in [2.05, 4.69) is 5.10 Å². The van der Waals surface area contributed by atoms with Gasteiger partial charge in [-0.1, -0.05) is 29.8 Å². The van der Waals surface area contributed by atoms with E-state index in [0.717, 1.165) is 5.56 Å². The van der Waals surface area contributed by atoms with Gasteiger partial charge in [0.15, 0.2) is 0 Å². The minimum absolute atomic E-state index is 0.0600. The van der Waals surface area contributed by atoms with Gasteiger partial charge >= 0.3 is 0 Å². The van der Waals surface area contributed by atoms with Gasteiger partial charge in [-0.2, -0.15) is 5.10 Å². The number of benzene rings is 2. The minimum Gasteiger partial charge on any atom is -0.497 e. The number of methoxy groups -OCH3 is 1. The standard InChI is InChI=1S/C31H35ClFN5O4/c1-20(39)38-16-15-36(14-4-5-28(38)21-6-8-22(32)9-7-21)31(41)26-19-37(29-12-13-30(40)35(2)34-29)18-25(26)24-11-10-23(42-3)17-27(24)33/h6-13,17,25-26,28H,4-5,14-16,18-19H2,1-3H3/t25-,26+,28-/m0/s1. The Balaban J connectivity index is 1.41. The molecule has 2 aliphatic heterocycles. The molecular weight excluding hydrogens is 561 g/mol. The lowest BCUT2D eigenvalue weighted by Gasteiger charge is -2.38. The van der Waals surface area contributed by atoms with Crippen molar-refractivity contribution in [3.63, 3.8) is 0 Å². The van der Waals surface area contributed by atoms with Crippen LogP contribution in [-0.4, -0.2) is 71.2 Å². The van der Waals surface area contributed by atoms with Crippen LogP contribution in [0.4, 0.5) is 10.2 Å². The smallest absolute Gasteiger partial charge is 0.266 e. The van der Waals surface area contributed by atoms with Crippen LogP contribution < -0.4 is 15.2 Å². The molecule has 0 aliphatic carbocycles. The largest absolute Gasteiger partial charge is 0.497 e. The van der Waals surface area contributed by atoms with Gasteiger partial charge < -0.3 is 19.4 Å². The number of carbonyl (C=O) groups is 2. The van der Waals surface area contributed by atoms with Crippen LogP contribution in [0.25, 0.3) is 0 Å². The third-order valence-corrected chi connectivity index (χ3v) is 8.63. The van der Waals surface area contributed by atoms with Crippen molar-refractivity contribution in [2.75, 3.05) is 44.7 Å². The van der Waals surface area contributed by atoms with E-state index >= 15 is 4.39 Å². The number of rotatable bonds is 5. The lowest BCUT2D eigenvalue weighted by atomic mass is 9.87. The van der Waals surface area contributed by atoms with E-state index < -0.39 is 17.7 Å². The second-order valence-electron chi connectivity index (χ2n) is 10.9. The zero-order valence-electron chi connectivity index (χ0n) is 24.0. The molecule has 3 aromatic rings. The summed E-state index contributed by atoms with van der Waals surface area (Å²) < 4.78 is 21.8. The van der Waals surface area contributed by atoms with Crippen LogP contribution in [0.15, 0.2) is 59.4 Å². The first-order valence-corrected chi connectivity index (χ1v) is 14.5. The molecule has 0 bridgehead atoms. The summed E-state index contributed by atoms with van der Waals surface area (Å²) in [6.07, 6.45) is 1.39. The molecule has 2 saturated heterocycles. The summed E-state index contributed by atoms with van der Waals surface area (Å²) >= 11 is 6.09. The van der Waals surface area contributed by atoms with E-state index in [9.17, 15) is 14.4 Å². The second kappa shape index (κ2) is 12.5. The summed E-state index contributed by atoms with van der Waals surface area (Å²) in [5.41, 5.74) is 1.21. The molecule has 9 nitrogen and oxygen atoms in total. The first kappa shape index (κ1) is 29.6. The van der Waals surface area contributed by atoms with Crippen molar-refractivity contribution in [2.24, 2.45) is 13.0 Å². The Morgan fingerprint density at radius 2 is 1.79 bits per heavy atom. The molecule has 222 valence electrons. The number of hydrogen-bond acceptors (Lipinski definition) is 6. The zero-order chi connectivity index (χ0) is 30.0. The number of halogens is 2. The van der Waals surface area contributed by atoms with Crippen molar-refractivity contribution >= 4 is 29.2 Å². The number of aromatic nitrogens is 2. The van der Waals surface area contributed by atoms with Crippen LogP contribution in [0, 0.1) is 11.7 Å². The summed E-state index contributed by atoms with van der Waals surface area (Å²) in [6.45, 7) is 3.51. The van der Waals surface area contributed by atoms with Crippen LogP contribution >= 0.6 is 11.6 Å². The summed E-state index contributed by atoms with van der Waals surface area (Å²) in [5.74, 6) is -0.632. The van der Waals surface area contributed by atoms with Gasteiger partial charge in [0.1, 0.15) is 17.4 Å². The Morgan fingerprint density at radius 3 is 2.45 bits per heavy atom. The molecule has 0 unspecified atom stereocenters. The van der Waals surface area contributed by atoms with E-state index in [1.165, 1.54) is 23.9 Å². The number of hydrogen-bond donors (Lipinski definition) is 0. The lowest BCUT2D eigenvalue weighted by molar-refractivity contribution is -0.139. The quantitative estimate of drug-likeness (QED) is 0.443. The highest BCUT2D eigenvalue weighted by atomic mass is 35.5. The van der Waals surface area contributed by atoms with Crippen molar-refractivity contribution in [2.45, 2.75) is 31.7 Å². The predicted molar refractivity (Wildman–Crippen MR) is 158 cm³/mol. The van der Waals surface area contributed by atoms with Gasteiger partial charge in [-0.3, -0.25) is 14.4 Å². The molecule has 11 heteroatoms. The summed E-state index contributed by atoms with van der Waals surface area (Å²) in [5, 5.41) is 5.01. The van der Waals surface area contributed by atoms with E-state index in [4.69, 9.17) is 16.3 Å². The van der Waals surface area contributed by atoms with Crippen LogP contribution in [0.2, 0.25) is 5.02 Å². The predicted octanol–water partition coefficient (Wildman–Crippen LogP) is 4.01. The van der Waals surface area contributed by atoms with Crippen molar-refractivity contribution in [1.82, 2.24) is 19.6 Å². The zero-order valence-corrected chi connectivity index (χ0v) is 24.8. The molecule has 2 fully saturated rings. The SMILES string of the molecule is COc1ccc([C@@H]2CN(c3ccc(=O)n(C)n3)C[C@H]2C(=O)N2CCC[C@@H](c3ccc(Cl)cc3)N(C(C)=O)CC2)c(F)c1. The van der Waals surface area contributed by atoms with Gasteiger partial charge in [0.2, 0.25) is 11.8 Å². The summed E-state index contributed by atoms with van der Waals surface area (Å²) in [7, 11) is 3.05. The maximum atomic E-state index is 15.4. The number of ether oxygens (including phenoxy) is 1. The first-order valence-electron chi connectivity index (χ1n) is 14.1. The number of carbonyl (C=O) groups excluding carboxylic acids is 2. The highest BCUT2D eigenvalue weighted by Crippen LogP contribution is 2.38. The monoisotopic (exact) mass is 595 g/mol. The Hall–Kier alpha value is -3.92. The average Bonchev–Trinajstić information content (AvgIpc) is 3.40. The van der Waals surface area contributed by atoms with Crippen LogP contribution in [0.3, 0.4) is 0 Å². The molecule has 2 aliphatic rings. The van der Waals surface area contributed by atoms with Gasteiger partial charge in [-0.05, 0) is 48.2 Å². The van der Waals surface area contributed by atoms with Crippen molar-refractivity contribution in [1.29, 1.82) is 0 Å². The molecule has 0 spiro atoms. The molecule has 5 rings (SSSR count). The molecule has 2 amide bonds. The average molecular weight is 596 g/mol. The molecule has 42 heavy (non-hydrogen) atoms. The van der Waals surface area contributed by atoms with E-state index in [1.54, 1.807) is 32.2 Å². The normalized spacial score (nSPS) is 21.2. The minimum atomic E-state index is -0.552. The summed E-state index contributed by atoms with van der Waals surface area (Å²) in [6, 6.07) is 15.2. The fraction of sp³-hybridized carbons (Fsp3) is 0.419. The van der Waals surface area contributed by atoms with E-state index in [1.807, 2.05) is 39.0 Å². The Labute approximate surface area is 249 Å². The highest BCUT2D eigenvalue weighted by molar-refractivity contribution is 6.30. The Kier molecular flexibility index (Phi) is 8.82. The number of aryl methyl sites for hydroxylation is 1. The van der Waals surface area contributed by atoms with Crippen molar-refractivity contribution < 1.29 is 18.7 Å². The Morgan fingerprint density at radius 1 is 1.02 bits per heavy atom. The number of nitrogens with zero attached hydrogens (tertiary/aromatic N) is 5.